The van der Waals surface area contributed by atoms with E-state index in [0.29, 0.717) is 31.7 Å². The molecule has 1 aromatic carbocycles. The fraction of sp³-hybridized carbons (Fsp3) is 0.316. The first kappa shape index (κ1) is 20.3. The Morgan fingerprint density at radius 2 is 1.86 bits per heavy atom. The predicted molar refractivity (Wildman–Crippen MR) is 105 cm³/mol. The Hall–Kier alpha value is -2.39. The molecule has 2 N–H and O–H groups in total. The highest BCUT2D eigenvalue weighted by atomic mass is 79.9. The largest absolute Gasteiger partial charge is 0.325 e. The van der Waals surface area contributed by atoms with Gasteiger partial charge in [-0.2, -0.15) is 0 Å². The van der Waals surface area contributed by atoms with Gasteiger partial charge in [0, 0.05) is 28.3 Å². The number of nitrogens with zero attached hydrogens (tertiary/aromatic N) is 2. The minimum absolute atomic E-state index is 0.0827. The maximum atomic E-state index is 13.2. The van der Waals surface area contributed by atoms with Crippen LogP contribution in [0, 0.1) is 17.6 Å². The molecule has 2 aromatic rings. The summed E-state index contributed by atoms with van der Waals surface area (Å²) in [6.45, 7) is 1.32. The highest BCUT2D eigenvalue weighted by Gasteiger charge is 2.26. The van der Waals surface area contributed by atoms with Gasteiger partial charge in [-0.25, -0.2) is 13.8 Å². The average Bonchev–Trinajstić information content (AvgIpc) is 2.67. The van der Waals surface area contributed by atoms with Gasteiger partial charge >= 0.3 is 0 Å². The molecule has 148 valence electrons. The van der Waals surface area contributed by atoms with Crippen LogP contribution in [0.25, 0.3) is 0 Å². The lowest BCUT2D eigenvalue weighted by Gasteiger charge is -2.30. The molecule has 28 heavy (non-hydrogen) atoms. The number of piperidine rings is 1. The van der Waals surface area contributed by atoms with Crippen molar-refractivity contribution in [2.24, 2.45) is 5.92 Å². The second-order valence-corrected chi connectivity index (χ2v) is 7.49. The Balaban J connectivity index is 1.44. The predicted octanol–water partition coefficient (Wildman–Crippen LogP) is 3.41. The lowest BCUT2D eigenvalue weighted by Crippen LogP contribution is -2.41. The molecule has 1 aliphatic heterocycles. The van der Waals surface area contributed by atoms with Crippen molar-refractivity contribution >= 4 is 39.2 Å². The number of benzene rings is 1. The molecule has 1 aliphatic rings. The van der Waals surface area contributed by atoms with Gasteiger partial charge in [-0.3, -0.25) is 14.5 Å². The number of carbonyl (C=O) groups is 2. The number of carbonyl (C=O) groups excluding carboxylic acids is 2. The second-order valence-electron chi connectivity index (χ2n) is 6.58. The zero-order valence-electron chi connectivity index (χ0n) is 14.9. The van der Waals surface area contributed by atoms with E-state index in [0.717, 1.165) is 16.6 Å². The molecule has 2 amide bonds. The van der Waals surface area contributed by atoms with Crippen molar-refractivity contribution in [3.8, 4) is 0 Å². The molecule has 0 aliphatic carbocycles. The lowest BCUT2D eigenvalue weighted by molar-refractivity contribution is -0.121. The van der Waals surface area contributed by atoms with E-state index in [1.165, 1.54) is 6.07 Å². The maximum Gasteiger partial charge on any atom is 0.238 e. The molecule has 6 nitrogen and oxygen atoms in total. The Morgan fingerprint density at radius 3 is 2.50 bits per heavy atom. The molecular formula is C19H19BrF2N4O2. The maximum absolute atomic E-state index is 13.2. The first-order valence-electron chi connectivity index (χ1n) is 8.80. The van der Waals surface area contributed by atoms with Gasteiger partial charge in [-0.15, -0.1) is 0 Å². The number of pyridine rings is 1. The first-order chi connectivity index (χ1) is 13.4. The SMILES string of the molecule is O=C(CN1CCC(C(=O)Nc2ccc(Br)cn2)CC1)Nc1ccc(F)c(F)c1. The van der Waals surface area contributed by atoms with Crippen molar-refractivity contribution in [1.82, 2.24) is 9.88 Å². The van der Waals surface area contributed by atoms with Gasteiger partial charge < -0.3 is 10.6 Å². The number of amides is 2. The normalized spacial score (nSPS) is 15.2. The Morgan fingerprint density at radius 1 is 1.11 bits per heavy atom. The monoisotopic (exact) mass is 452 g/mol. The summed E-state index contributed by atoms with van der Waals surface area (Å²) < 4.78 is 27.0. The Kier molecular flexibility index (Phi) is 6.69. The number of nitrogens with one attached hydrogen (secondary N) is 2. The summed E-state index contributed by atoms with van der Waals surface area (Å²) in [5.74, 6) is -2.01. The van der Waals surface area contributed by atoms with Crippen LogP contribution in [-0.4, -0.2) is 41.3 Å². The van der Waals surface area contributed by atoms with Crippen molar-refractivity contribution in [2.75, 3.05) is 30.3 Å². The van der Waals surface area contributed by atoms with Crippen molar-refractivity contribution < 1.29 is 18.4 Å². The Bertz CT molecular complexity index is 856. The van der Waals surface area contributed by atoms with Gasteiger partial charge in [0.25, 0.3) is 0 Å². The molecule has 0 spiro atoms. The number of aromatic nitrogens is 1. The van der Waals surface area contributed by atoms with Gasteiger partial charge in [0.2, 0.25) is 11.8 Å². The topological polar surface area (TPSA) is 74.3 Å². The van der Waals surface area contributed by atoms with E-state index in [2.05, 4.69) is 31.5 Å². The van der Waals surface area contributed by atoms with Crippen LogP contribution in [0.15, 0.2) is 41.0 Å². The third-order valence-electron chi connectivity index (χ3n) is 4.51. The minimum Gasteiger partial charge on any atom is -0.325 e. The van der Waals surface area contributed by atoms with E-state index in [-0.39, 0.29) is 30.0 Å². The highest BCUT2D eigenvalue weighted by molar-refractivity contribution is 9.10. The van der Waals surface area contributed by atoms with Crippen molar-refractivity contribution in [3.05, 3.63) is 52.6 Å². The molecule has 0 unspecified atom stereocenters. The van der Waals surface area contributed by atoms with Gasteiger partial charge in [0.05, 0.1) is 6.54 Å². The quantitative estimate of drug-likeness (QED) is 0.728. The number of anilines is 2. The molecule has 1 saturated heterocycles. The van der Waals surface area contributed by atoms with E-state index in [1.54, 1.807) is 18.3 Å². The zero-order valence-corrected chi connectivity index (χ0v) is 16.5. The van der Waals surface area contributed by atoms with E-state index in [4.69, 9.17) is 0 Å². The van der Waals surface area contributed by atoms with Crippen LogP contribution >= 0.6 is 15.9 Å². The van der Waals surface area contributed by atoms with Crippen LogP contribution in [0.3, 0.4) is 0 Å². The fourth-order valence-corrected chi connectivity index (χ4v) is 3.24. The van der Waals surface area contributed by atoms with Gasteiger partial charge in [-0.1, -0.05) is 0 Å². The summed E-state index contributed by atoms with van der Waals surface area (Å²) in [6.07, 6.45) is 2.87. The van der Waals surface area contributed by atoms with Crippen LogP contribution in [0.5, 0.6) is 0 Å². The molecule has 0 radical (unpaired) electrons. The summed E-state index contributed by atoms with van der Waals surface area (Å²) in [6, 6.07) is 6.74. The summed E-state index contributed by atoms with van der Waals surface area (Å²) in [5.41, 5.74) is 0.208. The van der Waals surface area contributed by atoms with Crippen molar-refractivity contribution in [3.63, 3.8) is 0 Å². The van der Waals surface area contributed by atoms with Gasteiger partial charge in [0.1, 0.15) is 5.82 Å². The summed E-state index contributed by atoms with van der Waals surface area (Å²) in [4.78, 5) is 30.5. The summed E-state index contributed by atoms with van der Waals surface area (Å²) in [7, 11) is 0. The van der Waals surface area contributed by atoms with Crippen LogP contribution < -0.4 is 10.6 Å². The van der Waals surface area contributed by atoms with Crippen LogP contribution in [0.4, 0.5) is 20.3 Å². The van der Waals surface area contributed by atoms with Crippen molar-refractivity contribution in [2.45, 2.75) is 12.8 Å². The highest BCUT2D eigenvalue weighted by Crippen LogP contribution is 2.20. The van der Waals surface area contributed by atoms with Gasteiger partial charge in [0.15, 0.2) is 11.6 Å². The number of likely N-dealkylation sites (tertiary alicyclic amines) is 1. The zero-order chi connectivity index (χ0) is 20.1. The van der Waals surface area contributed by atoms with Crippen LogP contribution in [0.2, 0.25) is 0 Å². The summed E-state index contributed by atoms with van der Waals surface area (Å²) in [5, 5.41) is 5.35. The van der Waals surface area contributed by atoms with Crippen molar-refractivity contribution in [1.29, 1.82) is 0 Å². The van der Waals surface area contributed by atoms with E-state index < -0.39 is 11.6 Å². The summed E-state index contributed by atoms with van der Waals surface area (Å²) >= 11 is 3.29. The molecule has 2 heterocycles. The second kappa shape index (κ2) is 9.20. The molecule has 9 heteroatoms. The molecule has 1 fully saturated rings. The minimum atomic E-state index is -1.01. The third-order valence-corrected chi connectivity index (χ3v) is 4.98. The van der Waals surface area contributed by atoms with Gasteiger partial charge in [-0.05, 0) is 66.1 Å². The standard InChI is InChI=1S/C19H19BrF2N4O2/c20-13-1-4-17(23-10-13)25-19(28)12-5-7-26(8-6-12)11-18(27)24-14-2-3-15(21)16(22)9-14/h1-4,9-10,12H,5-8,11H2,(H,24,27)(H,23,25,28). The average molecular weight is 453 g/mol. The van der Waals surface area contributed by atoms with E-state index in [9.17, 15) is 18.4 Å². The fourth-order valence-electron chi connectivity index (χ4n) is 3.01. The molecule has 0 bridgehead atoms. The number of halogens is 3. The molecule has 0 atom stereocenters. The Labute approximate surface area is 169 Å². The smallest absolute Gasteiger partial charge is 0.238 e. The molecule has 3 rings (SSSR count). The van der Waals surface area contributed by atoms with Crippen LogP contribution in [-0.2, 0) is 9.59 Å². The molecular weight excluding hydrogens is 434 g/mol. The number of hydrogen-bond acceptors (Lipinski definition) is 4. The molecule has 1 aromatic heterocycles. The number of rotatable bonds is 5. The van der Waals surface area contributed by atoms with E-state index >= 15 is 0 Å². The third kappa shape index (κ3) is 5.56. The molecule has 0 saturated carbocycles. The number of hydrogen-bond donors (Lipinski definition) is 2. The lowest BCUT2D eigenvalue weighted by atomic mass is 9.96. The van der Waals surface area contributed by atoms with E-state index in [1.807, 2.05) is 4.90 Å². The first-order valence-corrected chi connectivity index (χ1v) is 9.59. The van der Waals surface area contributed by atoms with Crippen LogP contribution in [0.1, 0.15) is 12.8 Å².